The number of hydrogen-bond acceptors (Lipinski definition) is 3. The molecule has 1 N–H and O–H groups in total. The van der Waals surface area contributed by atoms with Gasteiger partial charge in [-0.1, -0.05) is 36.4 Å². The number of hydrogen-bond donors (Lipinski definition) is 1. The average molecular weight is 312 g/mol. The standard InChI is InChI=1S/C18H20N2O3/c1-23-19-17(21)14-9-11-20(12-10-14)18(22)16-8-4-6-13-5-2-3-7-15(13)16/h2-8,14H,9-12H2,1H3,(H,19,21). The Kier molecular flexibility index (Phi) is 4.57. The summed E-state index contributed by atoms with van der Waals surface area (Å²) < 4.78 is 0. The molecule has 1 aliphatic heterocycles. The van der Waals surface area contributed by atoms with Crippen molar-refractivity contribution in [3.63, 3.8) is 0 Å². The average Bonchev–Trinajstić information content (AvgIpc) is 2.61. The van der Waals surface area contributed by atoms with Crippen molar-refractivity contribution in [3.05, 3.63) is 48.0 Å². The van der Waals surface area contributed by atoms with Crippen LogP contribution in [0.25, 0.3) is 10.8 Å². The fraction of sp³-hybridized carbons (Fsp3) is 0.333. The highest BCUT2D eigenvalue weighted by molar-refractivity contribution is 6.07. The number of nitrogens with zero attached hydrogens (tertiary/aromatic N) is 1. The van der Waals surface area contributed by atoms with Gasteiger partial charge in [-0.2, -0.15) is 0 Å². The molecule has 2 amide bonds. The summed E-state index contributed by atoms with van der Waals surface area (Å²) in [6.45, 7) is 1.17. The van der Waals surface area contributed by atoms with Crippen molar-refractivity contribution in [2.24, 2.45) is 5.92 Å². The monoisotopic (exact) mass is 312 g/mol. The van der Waals surface area contributed by atoms with E-state index in [1.165, 1.54) is 7.11 Å². The minimum Gasteiger partial charge on any atom is -0.339 e. The third-order valence-corrected chi connectivity index (χ3v) is 4.38. The molecule has 1 aliphatic rings. The first-order valence-electron chi connectivity index (χ1n) is 7.80. The predicted octanol–water partition coefficient (Wildman–Crippen LogP) is 2.37. The zero-order valence-electron chi connectivity index (χ0n) is 13.1. The Morgan fingerprint density at radius 3 is 2.52 bits per heavy atom. The van der Waals surface area contributed by atoms with Gasteiger partial charge in [-0.15, -0.1) is 0 Å². The number of fused-ring (bicyclic) bond motifs is 1. The minimum absolute atomic E-state index is 0.0346. The highest BCUT2D eigenvalue weighted by Gasteiger charge is 2.28. The van der Waals surface area contributed by atoms with Crippen LogP contribution in [0.3, 0.4) is 0 Å². The molecule has 0 saturated carbocycles. The number of nitrogens with one attached hydrogen (secondary N) is 1. The van der Waals surface area contributed by atoms with E-state index in [0.717, 1.165) is 16.3 Å². The minimum atomic E-state index is -0.107. The molecule has 0 bridgehead atoms. The number of carbonyl (C=O) groups is 2. The van der Waals surface area contributed by atoms with Crippen LogP contribution in [-0.2, 0) is 9.63 Å². The second-order valence-corrected chi connectivity index (χ2v) is 5.76. The van der Waals surface area contributed by atoms with Crippen molar-refractivity contribution in [3.8, 4) is 0 Å². The van der Waals surface area contributed by atoms with Gasteiger partial charge in [-0.25, -0.2) is 5.48 Å². The highest BCUT2D eigenvalue weighted by atomic mass is 16.6. The summed E-state index contributed by atoms with van der Waals surface area (Å²) in [5.74, 6) is -0.163. The summed E-state index contributed by atoms with van der Waals surface area (Å²) >= 11 is 0. The lowest BCUT2D eigenvalue weighted by molar-refractivity contribution is -0.136. The quantitative estimate of drug-likeness (QED) is 0.885. The number of rotatable bonds is 3. The molecule has 0 aliphatic carbocycles. The summed E-state index contributed by atoms with van der Waals surface area (Å²) in [7, 11) is 1.43. The van der Waals surface area contributed by atoms with Crippen LogP contribution >= 0.6 is 0 Å². The first-order chi connectivity index (χ1) is 11.2. The summed E-state index contributed by atoms with van der Waals surface area (Å²) in [6, 6.07) is 13.7. The van der Waals surface area contributed by atoms with E-state index < -0.39 is 0 Å². The fourth-order valence-electron chi connectivity index (χ4n) is 3.11. The lowest BCUT2D eigenvalue weighted by atomic mass is 9.95. The van der Waals surface area contributed by atoms with Crippen LogP contribution < -0.4 is 5.48 Å². The topological polar surface area (TPSA) is 58.6 Å². The zero-order valence-corrected chi connectivity index (χ0v) is 13.1. The van der Waals surface area contributed by atoms with Gasteiger partial charge in [-0.3, -0.25) is 14.4 Å². The molecule has 1 heterocycles. The molecular formula is C18H20N2O3. The van der Waals surface area contributed by atoms with E-state index in [1.807, 2.05) is 47.4 Å². The molecule has 5 nitrogen and oxygen atoms in total. The molecule has 2 aromatic rings. The maximum Gasteiger partial charge on any atom is 0.254 e. The lowest BCUT2D eigenvalue weighted by Gasteiger charge is -2.31. The van der Waals surface area contributed by atoms with Gasteiger partial charge in [0.15, 0.2) is 0 Å². The molecule has 0 unspecified atom stereocenters. The molecule has 0 radical (unpaired) electrons. The SMILES string of the molecule is CONC(=O)C1CCN(C(=O)c2cccc3ccccc23)CC1. The molecule has 0 atom stereocenters. The van der Waals surface area contributed by atoms with Crippen LogP contribution in [0.15, 0.2) is 42.5 Å². The molecule has 3 rings (SSSR count). The number of hydroxylamine groups is 1. The second-order valence-electron chi connectivity index (χ2n) is 5.76. The summed E-state index contributed by atoms with van der Waals surface area (Å²) in [5, 5.41) is 2.03. The van der Waals surface area contributed by atoms with Crippen molar-refractivity contribution in [1.29, 1.82) is 0 Å². The molecule has 0 spiro atoms. The van der Waals surface area contributed by atoms with E-state index in [-0.39, 0.29) is 17.7 Å². The highest BCUT2D eigenvalue weighted by Crippen LogP contribution is 2.23. The van der Waals surface area contributed by atoms with Gasteiger partial charge in [-0.05, 0) is 29.7 Å². The predicted molar refractivity (Wildman–Crippen MR) is 87.7 cm³/mol. The summed E-state index contributed by atoms with van der Waals surface area (Å²) in [6.07, 6.45) is 1.32. The Balaban J connectivity index is 1.73. The maximum absolute atomic E-state index is 12.8. The molecular weight excluding hydrogens is 292 g/mol. The van der Waals surface area contributed by atoms with Gasteiger partial charge in [0.25, 0.3) is 5.91 Å². The van der Waals surface area contributed by atoms with Gasteiger partial charge in [0, 0.05) is 24.6 Å². The summed E-state index contributed by atoms with van der Waals surface area (Å²) in [4.78, 5) is 31.1. The second kappa shape index (κ2) is 6.79. The number of benzene rings is 2. The van der Waals surface area contributed by atoms with E-state index in [1.54, 1.807) is 0 Å². The van der Waals surface area contributed by atoms with Gasteiger partial charge < -0.3 is 4.90 Å². The Bertz CT molecular complexity index is 716. The van der Waals surface area contributed by atoms with E-state index in [0.29, 0.717) is 25.9 Å². The van der Waals surface area contributed by atoms with Crippen molar-refractivity contribution in [2.45, 2.75) is 12.8 Å². The molecule has 1 saturated heterocycles. The fourth-order valence-corrected chi connectivity index (χ4v) is 3.11. The van der Waals surface area contributed by atoms with E-state index in [2.05, 4.69) is 10.3 Å². The van der Waals surface area contributed by atoms with Gasteiger partial charge >= 0.3 is 0 Å². The lowest BCUT2D eigenvalue weighted by Crippen LogP contribution is -2.42. The Morgan fingerprint density at radius 2 is 1.78 bits per heavy atom. The van der Waals surface area contributed by atoms with Crippen molar-refractivity contribution >= 4 is 22.6 Å². The van der Waals surface area contributed by atoms with Crippen LogP contribution in [0.1, 0.15) is 23.2 Å². The normalized spacial score (nSPS) is 15.6. The van der Waals surface area contributed by atoms with E-state index >= 15 is 0 Å². The first kappa shape index (κ1) is 15.5. The van der Waals surface area contributed by atoms with Gasteiger partial charge in [0.1, 0.15) is 0 Å². The number of carbonyl (C=O) groups excluding carboxylic acids is 2. The Morgan fingerprint density at radius 1 is 1.09 bits per heavy atom. The van der Waals surface area contributed by atoms with E-state index in [9.17, 15) is 9.59 Å². The van der Waals surface area contributed by atoms with Crippen molar-refractivity contribution < 1.29 is 14.4 Å². The molecule has 2 aromatic carbocycles. The third-order valence-electron chi connectivity index (χ3n) is 4.38. The smallest absolute Gasteiger partial charge is 0.254 e. The first-order valence-corrected chi connectivity index (χ1v) is 7.80. The van der Waals surface area contributed by atoms with Gasteiger partial charge in [0.05, 0.1) is 7.11 Å². The third kappa shape index (κ3) is 3.19. The summed E-state index contributed by atoms with van der Waals surface area (Å²) in [5.41, 5.74) is 3.10. The van der Waals surface area contributed by atoms with Crippen LogP contribution in [0.5, 0.6) is 0 Å². The Labute approximate surface area is 135 Å². The van der Waals surface area contributed by atoms with Crippen LogP contribution in [0.4, 0.5) is 0 Å². The maximum atomic E-state index is 12.8. The van der Waals surface area contributed by atoms with Crippen LogP contribution in [0, 0.1) is 5.92 Å². The molecule has 0 aromatic heterocycles. The number of amides is 2. The van der Waals surface area contributed by atoms with Gasteiger partial charge in [0.2, 0.25) is 5.91 Å². The number of likely N-dealkylation sites (tertiary alicyclic amines) is 1. The largest absolute Gasteiger partial charge is 0.339 e. The molecule has 120 valence electrons. The van der Waals surface area contributed by atoms with Crippen LogP contribution in [0.2, 0.25) is 0 Å². The van der Waals surface area contributed by atoms with Crippen molar-refractivity contribution in [1.82, 2.24) is 10.4 Å². The van der Waals surface area contributed by atoms with E-state index in [4.69, 9.17) is 0 Å². The van der Waals surface area contributed by atoms with Crippen molar-refractivity contribution in [2.75, 3.05) is 20.2 Å². The molecule has 5 heteroatoms. The zero-order chi connectivity index (χ0) is 16.2. The molecule has 1 fully saturated rings. The number of piperidine rings is 1. The molecule has 23 heavy (non-hydrogen) atoms. The Hall–Kier alpha value is -2.40. The van der Waals surface area contributed by atoms with Crippen LogP contribution in [-0.4, -0.2) is 36.9 Å².